The van der Waals surface area contributed by atoms with Gasteiger partial charge in [-0.15, -0.1) is 0 Å². The van der Waals surface area contributed by atoms with E-state index >= 15 is 0 Å². The van der Waals surface area contributed by atoms with Gasteiger partial charge in [0.05, 0.1) is 6.42 Å². The average molecular weight is 369 g/mol. The molecule has 27 heavy (non-hydrogen) atoms. The number of nitrogens with one attached hydrogen (secondary N) is 1. The molecule has 0 aromatic heterocycles. The molecule has 1 N–H and O–H groups in total. The Balaban J connectivity index is 1.72. The summed E-state index contributed by atoms with van der Waals surface area (Å²) in [5, 5.41) is 2.57. The number of benzene rings is 2. The number of Topliss-reactive ketones (excluding diaryl/α,β-unsaturated/α-hetero) is 1. The zero-order chi connectivity index (χ0) is 19.6. The van der Waals surface area contributed by atoms with Crippen LogP contribution in [0.5, 0.6) is 0 Å². The second-order valence-electron chi connectivity index (χ2n) is 5.79. The van der Waals surface area contributed by atoms with E-state index in [-0.39, 0.29) is 24.4 Å². The summed E-state index contributed by atoms with van der Waals surface area (Å²) in [7, 11) is 0. The van der Waals surface area contributed by atoms with Crippen molar-refractivity contribution in [2.75, 3.05) is 6.54 Å². The Morgan fingerprint density at radius 3 is 2.41 bits per heavy atom. The fraction of sp³-hybridized carbons (Fsp3) is 0.190. The summed E-state index contributed by atoms with van der Waals surface area (Å²) in [6.45, 7) is 1.54. The first-order valence-electron chi connectivity index (χ1n) is 8.46. The fourth-order valence-electron chi connectivity index (χ4n) is 2.24. The van der Waals surface area contributed by atoms with Crippen LogP contribution in [0.15, 0.2) is 60.7 Å². The summed E-state index contributed by atoms with van der Waals surface area (Å²) in [5.74, 6) is -1.81. The highest BCUT2D eigenvalue weighted by Gasteiger charge is 2.19. The van der Waals surface area contributed by atoms with Crippen molar-refractivity contribution in [3.8, 4) is 0 Å². The third-order valence-electron chi connectivity index (χ3n) is 3.66. The van der Waals surface area contributed by atoms with Crippen LogP contribution in [0.25, 0.3) is 6.08 Å². The van der Waals surface area contributed by atoms with Crippen molar-refractivity contribution in [2.24, 2.45) is 0 Å². The molecule has 0 aliphatic heterocycles. The number of ketones is 1. The Labute approximate surface area is 156 Å². The molecular formula is C21H20FNO4. The fourth-order valence-corrected chi connectivity index (χ4v) is 2.24. The SMILES string of the molecule is C[C@H](OC(=O)CCNC(=O)/C=C/c1ccccc1)C(=O)c1ccc(F)cc1. The van der Waals surface area contributed by atoms with Gasteiger partial charge in [0.2, 0.25) is 11.7 Å². The molecule has 0 radical (unpaired) electrons. The Morgan fingerprint density at radius 2 is 1.74 bits per heavy atom. The van der Waals surface area contributed by atoms with Crippen molar-refractivity contribution < 1.29 is 23.5 Å². The van der Waals surface area contributed by atoms with Gasteiger partial charge in [-0.3, -0.25) is 14.4 Å². The lowest BCUT2D eigenvalue weighted by atomic mass is 10.1. The first kappa shape index (κ1) is 20.0. The van der Waals surface area contributed by atoms with Crippen LogP contribution in [0, 0.1) is 5.82 Å². The van der Waals surface area contributed by atoms with E-state index in [9.17, 15) is 18.8 Å². The van der Waals surface area contributed by atoms with E-state index in [2.05, 4.69) is 5.32 Å². The van der Waals surface area contributed by atoms with E-state index in [4.69, 9.17) is 4.74 Å². The number of carbonyl (C=O) groups is 3. The maximum Gasteiger partial charge on any atom is 0.308 e. The topological polar surface area (TPSA) is 72.5 Å². The van der Waals surface area contributed by atoms with Gasteiger partial charge in [0, 0.05) is 18.2 Å². The van der Waals surface area contributed by atoms with Crippen LogP contribution in [0.3, 0.4) is 0 Å². The number of esters is 1. The average Bonchev–Trinajstić information content (AvgIpc) is 2.67. The van der Waals surface area contributed by atoms with Crippen LogP contribution >= 0.6 is 0 Å². The van der Waals surface area contributed by atoms with Crippen molar-refractivity contribution in [3.05, 3.63) is 77.6 Å². The molecule has 2 rings (SSSR count). The highest BCUT2D eigenvalue weighted by atomic mass is 19.1. The molecule has 0 spiro atoms. The van der Waals surface area contributed by atoms with Crippen molar-refractivity contribution in [1.82, 2.24) is 5.32 Å². The molecular weight excluding hydrogens is 349 g/mol. The van der Waals surface area contributed by atoms with Crippen molar-refractivity contribution in [2.45, 2.75) is 19.4 Å². The lowest BCUT2D eigenvalue weighted by Crippen LogP contribution is -2.28. The summed E-state index contributed by atoms with van der Waals surface area (Å²) in [6, 6.07) is 14.3. The number of hydrogen-bond acceptors (Lipinski definition) is 4. The Morgan fingerprint density at radius 1 is 1.07 bits per heavy atom. The Bertz CT molecular complexity index is 816. The van der Waals surface area contributed by atoms with Gasteiger partial charge < -0.3 is 10.1 Å². The predicted octanol–water partition coefficient (Wildman–Crippen LogP) is 3.16. The molecule has 0 saturated carbocycles. The minimum Gasteiger partial charge on any atom is -0.454 e. The number of ether oxygens (including phenoxy) is 1. The van der Waals surface area contributed by atoms with Crippen LogP contribution in [0.4, 0.5) is 4.39 Å². The zero-order valence-electron chi connectivity index (χ0n) is 14.9. The number of amides is 1. The third-order valence-corrected chi connectivity index (χ3v) is 3.66. The van der Waals surface area contributed by atoms with Gasteiger partial charge in [-0.2, -0.15) is 0 Å². The quantitative estimate of drug-likeness (QED) is 0.441. The molecule has 0 aliphatic carbocycles. The van der Waals surface area contributed by atoms with Crippen molar-refractivity contribution in [3.63, 3.8) is 0 Å². The Hall–Kier alpha value is -3.28. The smallest absolute Gasteiger partial charge is 0.308 e. The van der Waals surface area contributed by atoms with Crippen molar-refractivity contribution in [1.29, 1.82) is 0 Å². The van der Waals surface area contributed by atoms with E-state index in [1.54, 1.807) is 6.08 Å². The molecule has 0 heterocycles. The number of carbonyl (C=O) groups excluding carboxylic acids is 3. The normalized spacial score (nSPS) is 11.8. The second-order valence-corrected chi connectivity index (χ2v) is 5.79. The van der Waals surface area contributed by atoms with E-state index in [1.807, 2.05) is 30.3 Å². The predicted molar refractivity (Wildman–Crippen MR) is 99.4 cm³/mol. The molecule has 6 heteroatoms. The van der Waals surface area contributed by atoms with E-state index < -0.39 is 23.7 Å². The van der Waals surface area contributed by atoms with Gasteiger partial charge >= 0.3 is 5.97 Å². The van der Waals surface area contributed by atoms with Crippen LogP contribution in [-0.4, -0.2) is 30.3 Å². The molecule has 5 nitrogen and oxygen atoms in total. The van der Waals surface area contributed by atoms with E-state index in [1.165, 1.54) is 37.3 Å². The summed E-state index contributed by atoms with van der Waals surface area (Å²) in [5.41, 5.74) is 1.15. The molecule has 0 unspecified atom stereocenters. The van der Waals surface area contributed by atoms with Gasteiger partial charge in [-0.05, 0) is 42.8 Å². The van der Waals surface area contributed by atoms with Crippen LogP contribution < -0.4 is 5.32 Å². The maximum absolute atomic E-state index is 12.9. The van der Waals surface area contributed by atoms with E-state index in [0.717, 1.165) is 5.56 Å². The molecule has 0 fully saturated rings. The second kappa shape index (κ2) is 10.0. The standard InChI is InChI=1S/C21H20FNO4/c1-15(21(26)17-8-10-18(22)11-9-17)27-20(25)13-14-23-19(24)12-7-16-5-3-2-4-6-16/h2-12,15H,13-14H2,1H3,(H,23,24)/b12-7+/t15-/m0/s1. The number of halogens is 1. The molecule has 1 amide bonds. The van der Waals surface area contributed by atoms with Gasteiger partial charge in [-0.1, -0.05) is 30.3 Å². The molecule has 0 bridgehead atoms. The van der Waals surface area contributed by atoms with Gasteiger partial charge in [-0.25, -0.2) is 4.39 Å². The third kappa shape index (κ3) is 6.86. The molecule has 0 aliphatic rings. The lowest BCUT2D eigenvalue weighted by molar-refractivity contribution is -0.146. The first-order valence-corrected chi connectivity index (χ1v) is 8.46. The van der Waals surface area contributed by atoms with Crippen molar-refractivity contribution >= 4 is 23.7 Å². The highest BCUT2D eigenvalue weighted by molar-refractivity contribution is 6.00. The Kier molecular flexibility index (Phi) is 7.43. The summed E-state index contributed by atoms with van der Waals surface area (Å²) in [4.78, 5) is 35.6. The molecule has 0 saturated heterocycles. The summed E-state index contributed by atoms with van der Waals surface area (Å²) < 4.78 is 17.9. The summed E-state index contributed by atoms with van der Waals surface area (Å²) >= 11 is 0. The zero-order valence-corrected chi connectivity index (χ0v) is 14.9. The summed E-state index contributed by atoms with van der Waals surface area (Å²) in [6.07, 6.45) is 1.99. The van der Waals surface area contributed by atoms with Crippen LogP contribution in [0.2, 0.25) is 0 Å². The largest absolute Gasteiger partial charge is 0.454 e. The molecule has 1 atom stereocenters. The lowest BCUT2D eigenvalue weighted by Gasteiger charge is -2.12. The number of rotatable bonds is 8. The van der Waals surface area contributed by atoms with E-state index in [0.29, 0.717) is 0 Å². The highest BCUT2D eigenvalue weighted by Crippen LogP contribution is 2.09. The van der Waals surface area contributed by atoms with Crippen LogP contribution in [-0.2, 0) is 14.3 Å². The van der Waals surface area contributed by atoms with Gasteiger partial charge in [0.15, 0.2) is 6.10 Å². The number of hydrogen-bond donors (Lipinski definition) is 1. The maximum atomic E-state index is 12.9. The first-order chi connectivity index (χ1) is 13.0. The van der Waals surface area contributed by atoms with Gasteiger partial charge in [0.25, 0.3) is 0 Å². The monoisotopic (exact) mass is 369 g/mol. The molecule has 140 valence electrons. The minimum atomic E-state index is -0.989. The molecule has 2 aromatic rings. The van der Waals surface area contributed by atoms with Crippen LogP contribution in [0.1, 0.15) is 29.3 Å². The minimum absolute atomic E-state index is 0.0635. The molecule has 2 aromatic carbocycles. The van der Waals surface area contributed by atoms with Gasteiger partial charge in [0.1, 0.15) is 5.82 Å².